The van der Waals surface area contributed by atoms with Crippen LogP contribution in [0, 0.1) is 0 Å². The van der Waals surface area contributed by atoms with Crippen LogP contribution in [0.25, 0.3) is 0 Å². The smallest absolute Gasteiger partial charge is 0.220 e. The first-order chi connectivity index (χ1) is 7.18. The average molecular weight is 211 g/mol. The van der Waals surface area contributed by atoms with Crippen LogP contribution in [0.2, 0.25) is 0 Å². The molecule has 3 N–H and O–H groups in total. The second-order valence-corrected chi connectivity index (χ2v) is 3.52. The molecule has 84 valence electrons. The minimum Gasteiger partial charge on any atom is -0.393 e. The normalized spacial score (nSPS) is 12.4. The summed E-state index contributed by atoms with van der Waals surface area (Å²) in [6, 6.07) is 0. The van der Waals surface area contributed by atoms with Crippen molar-refractivity contribution in [1.82, 2.24) is 15.3 Å². The van der Waals surface area contributed by atoms with Crippen LogP contribution >= 0.6 is 0 Å². The van der Waals surface area contributed by atoms with Crippen LogP contribution in [0.4, 0.5) is 0 Å². The van der Waals surface area contributed by atoms with Crippen molar-refractivity contribution in [3.8, 4) is 0 Å². The summed E-state index contributed by atoms with van der Waals surface area (Å²) in [5.74, 6) is 0.841. The van der Waals surface area contributed by atoms with E-state index in [2.05, 4.69) is 15.3 Å². The minimum atomic E-state index is -0.416. The molecule has 1 aromatic rings. The minimum absolute atomic E-state index is 0.0255. The molecule has 0 fully saturated rings. The van der Waals surface area contributed by atoms with Gasteiger partial charge in [-0.25, -0.2) is 4.98 Å². The molecule has 0 saturated carbocycles. The molecule has 5 nitrogen and oxygen atoms in total. The van der Waals surface area contributed by atoms with Crippen LogP contribution in [-0.4, -0.2) is 33.6 Å². The van der Waals surface area contributed by atoms with Gasteiger partial charge in [0.05, 0.1) is 6.10 Å². The van der Waals surface area contributed by atoms with Crippen LogP contribution in [0.5, 0.6) is 0 Å². The highest BCUT2D eigenvalue weighted by Gasteiger charge is 2.03. The molecule has 0 radical (unpaired) electrons. The molecule has 0 aliphatic heterocycles. The fourth-order valence-corrected chi connectivity index (χ4v) is 1.18. The number of rotatable bonds is 6. The molecule has 1 heterocycles. The SMILES string of the molecule is CC(O)CCC(=O)NCCc1ncc[nH]1. The third kappa shape index (κ3) is 5.17. The summed E-state index contributed by atoms with van der Waals surface area (Å²) in [6.07, 6.45) is 4.60. The Labute approximate surface area is 88.9 Å². The second-order valence-electron chi connectivity index (χ2n) is 3.52. The first-order valence-electron chi connectivity index (χ1n) is 5.11. The number of H-pyrrole nitrogens is 1. The van der Waals surface area contributed by atoms with E-state index in [1.807, 2.05) is 0 Å². The number of amides is 1. The van der Waals surface area contributed by atoms with Gasteiger partial charge in [-0.2, -0.15) is 0 Å². The first kappa shape index (κ1) is 11.7. The van der Waals surface area contributed by atoms with Gasteiger partial charge in [0, 0.05) is 31.8 Å². The van der Waals surface area contributed by atoms with Crippen molar-refractivity contribution in [1.29, 1.82) is 0 Å². The van der Waals surface area contributed by atoms with E-state index < -0.39 is 6.10 Å². The lowest BCUT2D eigenvalue weighted by Crippen LogP contribution is -2.26. The van der Waals surface area contributed by atoms with Crippen molar-refractivity contribution < 1.29 is 9.90 Å². The molecule has 15 heavy (non-hydrogen) atoms. The van der Waals surface area contributed by atoms with Crippen LogP contribution in [0.1, 0.15) is 25.6 Å². The summed E-state index contributed by atoms with van der Waals surface area (Å²) in [6.45, 7) is 2.25. The summed E-state index contributed by atoms with van der Waals surface area (Å²) in [4.78, 5) is 18.2. The second kappa shape index (κ2) is 6.19. The Balaban J connectivity index is 2.07. The Kier molecular flexibility index (Phi) is 4.83. The van der Waals surface area contributed by atoms with Gasteiger partial charge in [-0.1, -0.05) is 0 Å². The zero-order chi connectivity index (χ0) is 11.1. The number of imidazole rings is 1. The predicted molar refractivity (Wildman–Crippen MR) is 56.2 cm³/mol. The third-order valence-corrected chi connectivity index (χ3v) is 2.03. The van der Waals surface area contributed by atoms with Crippen molar-refractivity contribution in [3.63, 3.8) is 0 Å². The number of carbonyl (C=O) groups excluding carboxylic acids is 1. The summed E-state index contributed by atoms with van der Waals surface area (Å²) in [5, 5.41) is 11.7. The maximum absolute atomic E-state index is 11.2. The fourth-order valence-electron chi connectivity index (χ4n) is 1.18. The Bertz CT molecular complexity index is 283. The van der Waals surface area contributed by atoms with Gasteiger partial charge in [0.1, 0.15) is 5.82 Å². The summed E-state index contributed by atoms with van der Waals surface area (Å²) in [5.41, 5.74) is 0. The largest absolute Gasteiger partial charge is 0.393 e. The molecule has 1 amide bonds. The molecule has 0 aliphatic carbocycles. The van der Waals surface area contributed by atoms with Crippen LogP contribution in [0.3, 0.4) is 0 Å². The summed E-state index contributed by atoms with van der Waals surface area (Å²) >= 11 is 0. The lowest BCUT2D eigenvalue weighted by atomic mass is 10.2. The number of hydrogen-bond acceptors (Lipinski definition) is 3. The van der Waals surface area contributed by atoms with E-state index in [0.29, 0.717) is 25.8 Å². The molecular weight excluding hydrogens is 194 g/mol. The van der Waals surface area contributed by atoms with E-state index in [1.54, 1.807) is 19.3 Å². The van der Waals surface area contributed by atoms with Crippen molar-refractivity contribution >= 4 is 5.91 Å². The fraction of sp³-hybridized carbons (Fsp3) is 0.600. The van der Waals surface area contributed by atoms with Gasteiger partial charge in [0.2, 0.25) is 5.91 Å². The summed E-state index contributed by atoms with van der Waals surface area (Å²) in [7, 11) is 0. The highest BCUT2D eigenvalue weighted by Crippen LogP contribution is 1.95. The molecule has 1 unspecified atom stereocenters. The van der Waals surface area contributed by atoms with Crippen LogP contribution in [-0.2, 0) is 11.2 Å². The number of nitrogens with zero attached hydrogens (tertiary/aromatic N) is 1. The lowest BCUT2D eigenvalue weighted by molar-refractivity contribution is -0.121. The highest BCUT2D eigenvalue weighted by atomic mass is 16.3. The summed E-state index contributed by atoms with van der Waals surface area (Å²) < 4.78 is 0. The van der Waals surface area contributed by atoms with E-state index in [1.165, 1.54) is 0 Å². The molecule has 0 saturated heterocycles. The van der Waals surface area contributed by atoms with Crippen LogP contribution in [0.15, 0.2) is 12.4 Å². The van der Waals surface area contributed by atoms with Gasteiger partial charge in [0.15, 0.2) is 0 Å². The monoisotopic (exact) mass is 211 g/mol. The third-order valence-electron chi connectivity index (χ3n) is 2.03. The number of carbonyl (C=O) groups is 1. The average Bonchev–Trinajstić information content (AvgIpc) is 2.67. The number of aliphatic hydroxyl groups is 1. The number of hydrogen-bond donors (Lipinski definition) is 3. The Morgan fingerprint density at radius 3 is 3.13 bits per heavy atom. The standard InChI is InChI=1S/C10H17N3O2/c1-8(14)2-3-10(15)13-5-4-9-11-6-7-12-9/h6-8,14H,2-5H2,1H3,(H,11,12)(H,13,15). The van der Waals surface area contributed by atoms with Gasteiger partial charge in [-0.15, -0.1) is 0 Å². The van der Waals surface area contributed by atoms with Gasteiger partial charge in [0.25, 0.3) is 0 Å². The number of aromatic nitrogens is 2. The van der Waals surface area contributed by atoms with Crippen LogP contribution < -0.4 is 5.32 Å². The Morgan fingerprint density at radius 2 is 2.53 bits per heavy atom. The molecule has 1 rings (SSSR count). The van der Waals surface area contributed by atoms with Gasteiger partial charge < -0.3 is 15.4 Å². The van der Waals surface area contributed by atoms with Crippen molar-refractivity contribution in [2.24, 2.45) is 0 Å². The van der Waals surface area contributed by atoms with E-state index in [4.69, 9.17) is 5.11 Å². The molecule has 1 atom stereocenters. The van der Waals surface area contributed by atoms with E-state index in [-0.39, 0.29) is 5.91 Å². The molecule has 0 spiro atoms. The Hall–Kier alpha value is -1.36. The van der Waals surface area contributed by atoms with E-state index >= 15 is 0 Å². The van der Waals surface area contributed by atoms with Crippen molar-refractivity contribution in [2.45, 2.75) is 32.3 Å². The molecule has 0 aromatic carbocycles. The maximum atomic E-state index is 11.2. The van der Waals surface area contributed by atoms with Gasteiger partial charge in [-0.05, 0) is 13.3 Å². The molecular formula is C10H17N3O2. The van der Waals surface area contributed by atoms with Gasteiger partial charge >= 0.3 is 0 Å². The topological polar surface area (TPSA) is 78.0 Å². The van der Waals surface area contributed by atoms with E-state index in [9.17, 15) is 4.79 Å². The van der Waals surface area contributed by atoms with Gasteiger partial charge in [-0.3, -0.25) is 4.79 Å². The zero-order valence-electron chi connectivity index (χ0n) is 8.86. The highest BCUT2D eigenvalue weighted by molar-refractivity contribution is 5.75. The van der Waals surface area contributed by atoms with E-state index in [0.717, 1.165) is 5.82 Å². The number of nitrogens with one attached hydrogen (secondary N) is 2. The zero-order valence-corrected chi connectivity index (χ0v) is 8.86. The first-order valence-corrected chi connectivity index (χ1v) is 5.11. The molecule has 5 heteroatoms. The predicted octanol–water partition coefficient (Wildman–Crippen LogP) is 0.229. The molecule has 1 aromatic heterocycles. The number of aromatic amines is 1. The maximum Gasteiger partial charge on any atom is 0.220 e. The van der Waals surface area contributed by atoms with Crippen molar-refractivity contribution in [2.75, 3.05) is 6.54 Å². The van der Waals surface area contributed by atoms with Crippen molar-refractivity contribution in [3.05, 3.63) is 18.2 Å². The quantitative estimate of drug-likeness (QED) is 0.630. The Morgan fingerprint density at radius 1 is 1.73 bits per heavy atom. The molecule has 0 bridgehead atoms. The molecule has 0 aliphatic rings. The lowest BCUT2D eigenvalue weighted by Gasteiger charge is -2.05. The number of aliphatic hydroxyl groups excluding tert-OH is 1.